The van der Waals surface area contributed by atoms with Crippen LogP contribution in [-0.4, -0.2) is 5.78 Å². The first kappa shape index (κ1) is 15.2. The molecule has 2 aromatic carbocycles. The normalized spacial score (nSPS) is 12.4. The molecule has 4 rings (SSSR count). The van der Waals surface area contributed by atoms with Gasteiger partial charge in [0.2, 0.25) is 0 Å². The second-order valence-corrected chi connectivity index (χ2v) is 7.17. The van der Waals surface area contributed by atoms with E-state index >= 15 is 0 Å². The van der Waals surface area contributed by atoms with Crippen LogP contribution < -0.4 is 4.74 Å². The van der Waals surface area contributed by atoms with Crippen molar-refractivity contribution in [3.05, 3.63) is 76.2 Å². The molecule has 0 bridgehead atoms. The van der Waals surface area contributed by atoms with E-state index in [4.69, 9.17) is 4.74 Å². The Morgan fingerprint density at radius 1 is 1.04 bits per heavy atom. The van der Waals surface area contributed by atoms with Crippen LogP contribution in [0, 0.1) is 0 Å². The van der Waals surface area contributed by atoms with Gasteiger partial charge in [-0.1, -0.05) is 30.3 Å². The van der Waals surface area contributed by atoms with Gasteiger partial charge in [-0.25, -0.2) is 0 Å². The van der Waals surface area contributed by atoms with Gasteiger partial charge in [0.05, 0.1) is 4.88 Å². The molecule has 0 aliphatic heterocycles. The molecule has 1 heterocycles. The number of fused-ring (bicyclic) bond motifs is 3. The topological polar surface area (TPSA) is 26.3 Å². The fraction of sp³-hybridized carbons (Fsp3) is 0.190. The summed E-state index contributed by atoms with van der Waals surface area (Å²) < 4.78 is 5.94. The highest BCUT2D eigenvalue weighted by atomic mass is 32.1. The maximum absolute atomic E-state index is 11.6. The first-order valence-corrected chi connectivity index (χ1v) is 8.96. The molecule has 0 saturated carbocycles. The van der Waals surface area contributed by atoms with Crippen molar-refractivity contribution in [1.82, 2.24) is 0 Å². The molecule has 0 spiro atoms. The van der Waals surface area contributed by atoms with Crippen molar-refractivity contribution in [3.63, 3.8) is 0 Å². The third kappa shape index (κ3) is 2.87. The second kappa shape index (κ2) is 6.25. The zero-order valence-electron chi connectivity index (χ0n) is 13.5. The summed E-state index contributed by atoms with van der Waals surface area (Å²) in [5.74, 6) is 1.06. The van der Waals surface area contributed by atoms with Gasteiger partial charge in [0, 0.05) is 4.88 Å². The Morgan fingerprint density at radius 3 is 2.62 bits per heavy atom. The van der Waals surface area contributed by atoms with Crippen LogP contribution in [0.3, 0.4) is 0 Å². The highest BCUT2D eigenvalue weighted by Crippen LogP contribution is 2.41. The number of ketones is 1. The molecular weight excluding hydrogens is 316 g/mol. The van der Waals surface area contributed by atoms with E-state index in [1.165, 1.54) is 27.1 Å². The van der Waals surface area contributed by atoms with Crippen molar-refractivity contribution in [2.75, 3.05) is 0 Å². The maximum atomic E-state index is 11.6. The average Bonchev–Trinajstić information content (AvgIpc) is 3.05. The highest BCUT2D eigenvalue weighted by molar-refractivity contribution is 7.17. The molecule has 0 unspecified atom stereocenters. The predicted molar refractivity (Wildman–Crippen MR) is 97.9 cm³/mol. The van der Waals surface area contributed by atoms with E-state index in [0.29, 0.717) is 6.61 Å². The van der Waals surface area contributed by atoms with E-state index in [1.807, 2.05) is 24.3 Å². The Balaban J connectivity index is 1.58. The molecule has 0 atom stereocenters. The Labute approximate surface area is 145 Å². The largest absolute Gasteiger partial charge is 0.489 e. The zero-order valence-corrected chi connectivity index (χ0v) is 14.4. The van der Waals surface area contributed by atoms with Gasteiger partial charge in [0.15, 0.2) is 5.78 Å². The van der Waals surface area contributed by atoms with E-state index in [0.717, 1.165) is 23.5 Å². The third-order valence-corrected chi connectivity index (χ3v) is 5.70. The first-order chi connectivity index (χ1) is 11.7. The number of Topliss-reactive ketones (excluding diaryl/α,β-unsaturated/α-hetero) is 1. The summed E-state index contributed by atoms with van der Waals surface area (Å²) in [6.07, 6.45) is 1.99. The van der Waals surface area contributed by atoms with E-state index in [-0.39, 0.29) is 5.78 Å². The van der Waals surface area contributed by atoms with Crippen molar-refractivity contribution in [2.24, 2.45) is 0 Å². The number of hydrogen-bond acceptors (Lipinski definition) is 3. The number of hydrogen-bond donors (Lipinski definition) is 0. The van der Waals surface area contributed by atoms with Gasteiger partial charge in [0.1, 0.15) is 12.4 Å². The van der Waals surface area contributed by atoms with Crippen LogP contribution in [0.25, 0.3) is 10.4 Å². The quantitative estimate of drug-likeness (QED) is 0.606. The van der Waals surface area contributed by atoms with Crippen LogP contribution in [0.15, 0.2) is 54.6 Å². The van der Waals surface area contributed by atoms with Crippen LogP contribution in [0.2, 0.25) is 0 Å². The first-order valence-electron chi connectivity index (χ1n) is 8.14. The smallest absolute Gasteiger partial charge is 0.169 e. The number of carbonyl (C=O) groups excluding carboxylic acids is 1. The number of ether oxygens (including phenoxy) is 1. The lowest BCUT2D eigenvalue weighted by Gasteiger charge is -2.17. The predicted octanol–water partition coefficient (Wildman–Crippen LogP) is 5.30. The number of thiophene rings is 1. The number of aryl methyl sites for hydroxylation is 2. The Kier molecular flexibility index (Phi) is 3.95. The van der Waals surface area contributed by atoms with Gasteiger partial charge in [0.25, 0.3) is 0 Å². The lowest BCUT2D eigenvalue weighted by molar-refractivity contribution is 0.102. The molecule has 24 heavy (non-hydrogen) atoms. The van der Waals surface area contributed by atoms with Gasteiger partial charge in [-0.15, -0.1) is 11.3 Å². The maximum Gasteiger partial charge on any atom is 0.169 e. The molecule has 3 aromatic rings. The van der Waals surface area contributed by atoms with Crippen LogP contribution in [0.4, 0.5) is 0 Å². The molecule has 0 fully saturated rings. The minimum Gasteiger partial charge on any atom is -0.489 e. The van der Waals surface area contributed by atoms with Crippen LogP contribution in [-0.2, 0) is 19.4 Å². The van der Waals surface area contributed by atoms with Gasteiger partial charge in [-0.3, -0.25) is 4.79 Å². The summed E-state index contributed by atoms with van der Waals surface area (Å²) in [4.78, 5) is 13.7. The van der Waals surface area contributed by atoms with Gasteiger partial charge >= 0.3 is 0 Å². The van der Waals surface area contributed by atoms with E-state index < -0.39 is 0 Å². The second-order valence-electron chi connectivity index (χ2n) is 6.11. The fourth-order valence-electron chi connectivity index (χ4n) is 3.11. The van der Waals surface area contributed by atoms with Crippen molar-refractivity contribution in [1.29, 1.82) is 0 Å². The van der Waals surface area contributed by atoms with Crippen LogP contribution in [0.5, 0.6) is 5.75 Å². The minimum atomic E-state index is 0.152. The monoisotopic (exact) mass is 334 g/mol. The summed E-state index contributed by atoms with van der Waals surface area (Å²) in [7, 11) is 0. The summed E-state index contributed by atoms with van der Waals surface area (Å²) in [5, 5.41) is 0. The van der Waals surface area contributed by atoms with Crippen molar-refractivity contribution in [2.45, 2.75) is 26.4 Å². The van der Waals surface area contributed by atoms with Crippen molar-refractivity contribution >= 4 is 17.1 Å². The summed E-state index contributed by atoms with van der Waals surface area (Å²) in [6, 6.07) is 18.6. The lowest BCUT2D eigenvalue weighted by atomic mass is 9.91. The van der Waals surface area contributed by atoms with Gasteiger partial charge in [-0.2, -0.15) is 0 Å². The highest BCUT2D eigenvalue weighted by Gasteiger charge is 2.20. The molecule has 0 amide bonds. The van der Waals surface area contributed by atoms with Crippen LogP contribution in [0.1, 0.15) is 33.3 Å². The Bertz CT molecular complexity index is 893. The molecule has 120 valence electrons. The molecular formula is C21H18O2S. The molecule has 1 aliphatic carbocycles. The molecule has 2 nitrogen and oxygen atoms in total. The average molecular weight is 334 g/mol. The molecule has 1 aliphatic rings. The molecule has 0 saturated heterocycles. The Morgan fingerprint density at radius 2 is 1.83 bits per heavy atom. The fourth-order valence-corrected chi connectivity index (χ4v) is 4.28. The molecule has 0 N–H and O–H groups in total. The van der Waals surface area contributed by atoms with Crippen molar-refractivity contribution in [3.8, 4) is 16.2 Å². The third-order valence-electron chi connectivity index (χ3n) is 4.39. The molecule has 3 heteroatoms. The lowest BCUT2D eigenvalue weighted by Crippen LogP contribution is -2.02. The van der Waals surface area contributed by atoms with E-state index in [9.17, 15) is 4.79 Å². The summed E-state index contributed by atoms with van der Waals surface area (Å²) in [5.41, 5.74) is 5.03. The van der Waals surface area contributed by atoms with E-state index in [2.05, 4.69) is 30.3 Å². The van der Waals surface area contributed by atoms with Crippen molar-refractivity contribution < 1.29 is 9.53 Å². The summed E-state index contributed by atoms with van der Waals surface area (Å²) in [6.45, 7) is 2.22. The van der Waals surface area contributed by atoms with E-state index in [1.54, 1.807) is 18.3 Å². The number of rotatable bonds is 4. The standard InChI is InChI=1S/C21H18O2S/c1-14(22)20-12-17-8-7-16-11-18(9-10-19(16)21(17)24-20)23-13-15-5-3-2-4-6-15/h2-6,9-12H,7-8,13H2,1H3. The SMILES string of the molecule is CC(=O)c1cc2c(s1)-c1ccc(OCc3ccccc3)cc1CC2. The zero-order chi connectivity index (χ0) is 16.5. The summed E-state index contributed by atoms with van der Waals surface area (Å²) >= 11 is 1.61. The number of carbonyl (C=O) groups is 1. The minimum absolute atomic E-state index is 0.152. The van der Waals surface area contributed by atoms with Crippen LogP contribution >= 0.6 is 11.3 Å². The number of benzene rings is 2. The Hall–Kier alpha value is -2.39. The molecule has 1 aromatic heterocycles. The molecule has 0 radical (unpaired) electrons. The van der Waals surface area contributed by atoms with Gasteiger partial charge in [-0.05, 0) is 66.3 Å². The van der Waals surface area contributed by atoms with Gasteiger partial charge < -0.3 is 4.74 Å².